The quantitative estimate of drug-likeness (QED) is 0.734. The summed E-state index contributed by atoms with van der Waals surface area (Å²) in [6.07, 6.45) is -2.31. The maximum Gasteiger partial charge on any atom is 0.407 e. The summed E-state index contributed by atoms with van der Waals surface area (Å²) in [5, 5.41) is 22.4. The lowest BCUT2D eigenvalue weighted by molar-refractivity contribution is 0.0128. The maximum atomic E-state index is 11.5. The summed E-state index contributed by atoms with van der Waals surface area (Å²) < 4.78 is 28.0. The van der Waals surface area contributed by atoms with Crippen LogP contribution in [0.3, 0.4) is 0 Å². The second-order valence-corrected chi connectivity index (χ2v) is 8.26. The molecule has 3 N–H and O–H groups in total. The van der Waals surface area contributed by atoms with Crippen molar-refractivity contribution < 1.29 is 28.2 Å². The molecular weight excluding hydrogens is 322 g/mol. The molecule has 0 aliphatic heterocycles. The number of hydrogen-bond acceptors (Lipinski definition) is 6. The number of amides is 1. The normalized spacial score (nSPS) is 14.9. The minimum atomic E-state index is -3.41. The molecule has 0 aliphatic rings. The van der Waals surface area contributed by atoms with Crippen molar-refractivity contribution >= 4 is 15.9 Å². The molecule has 0 saturated heterocycles. The number of benzene rings is 1. The summed E-state index contributed by atoms with van der Waals surface area (Å²) in [5.41, 5.74) is -0.427. The molecule has 2 atom stereocenters. The Morgan fingerprint density at radius 1 is 1.30 bits per heavy atom. The van der Waals surface area contributed by atoms with Crippen LogP contribution in [0.15, 0.2) is 29.2 Å². The van der Waals surface area contributed by atoms with E-state index in [4.69, 9.17) is 4.74 Å². The molecule has 2 unspecified atom stereocenters. The zero-order valence-corrected chi connectivity index (χ0v) is 14.4. The number of carbonyl (C=O) groups is 1. The van der Waals surface area contributed by atoms with Gasteiger partial charge in [-0.2, -0.15) is 0 Å². The fraction of sp³-hybridized carbons (Fsp3) is 0.533. The molecule has 1 aromatic carbocycles. The lowest BCUT2D eigenvalue weighted by Crippen LogP contribution is -2.38. The van der Waals surface area contributed by atoms with Crippen molar-refractivity contribution in [2.24, 2.45) is 0 Å². The van der Waals surface area contributed by atoms with Crippen molar-refractivity contribution in [3.63, 3.8) is 0 Å². The number of ether oxygens (including phenoxy) is 1. The van der Waals surface area contributed by atoms with Crippen LogP contribution in [0.1, 0.15) is 32.4 Å². The van der Waals surface area contributed by atoms with Gasteiger partial charge in [-0.3, -0.25) is 0 Å². The van der Waals surface area contributed by atoms with Crippen molar-refractivity contribution in [3.8, 4) is 0 Å². The average Bonchev–Trinajstić information content (AvgIpc) is 2.41. The zero-order valence-electron chi connectivity index (χ0n) is 13.6. The molecule has 0 spiro atoms. The topological polar surface area (TPSA) is 113 Å². The third-order valence-electron chi connectivity index (χ3n) is 2.85. The van der Waals surface area contributed by atoms with Gasteiger partial charge in [-0.1, -0.05) is 12.1 Å². The number of aliphatic hydroxyl groups is 2. The molecule has 1 rings (SSSR count). The Morgan fingerprint density at radius 2 is 1.91 bits per heavy atom. The number of aliphatic hydroxyl groups excluding tert-OH is 2. The van der Waals surface area contributed by atoms with Gasteiger partial charge in [0.1, 0.15) is 17.8 Å². The van der Waals surface area contributed by atoms with Crippen molar-refractivity contribution in [1.29, 1.82) is 0 Å². The van der Waals surface area contributed by atoms with Crippen molar-refractivity contribution in [1.82, 2.24) is 5.32 Å². The fourth-order valence-electron chi connectivity index (χ4n) is 1.77. The van der Waals surface area contributed by atoms with Crippen LogP contribution in [0.5, 0.6) is 0 Å². The monoisotopic (exact) mass is 345 g/mol. The Balaban J connectivity index is 2.70. The van der Waals surface area contributed by atoms with Crippen LogP contribution in [-0.2, 0) is 14.6 Å². The Morgan fingerprint density at radius 3 is 2.43 bits per heavy atom. The smallest absolute Gasteiger partial charge is 0.407 e. The van der Waals surface area contributed by atoms with Crippen LogP contribution in [0.2, 0.25) is 0 Å². The molecule has 0 fully saturated rings. The Bertz CT molecular complexity index is 650. The first-order valence-corrected chi connectivity index (χ1v) is 8.92. The molecule has 130 valence electrons. The summed E-state index contributed by atoms with van der Waals surface area (Å²) in [4.78, 5) is 11.5. The van der Waals surface area contributed by atoms with Gasteiger partial charge in [0.15, 0.2) is 9.84 Å². The van der Waals surface area contributed by atoms with Crippen LogP contribution in [0.25, 0.3) is 0 Å². The lowest BCUT2D eigenvalue weighted by Gasteiger charge is -2.22. The van der Waals surface area contributed by atoms with Crippen LogP contribution in [0, 0.1) is 0 Å². The third-order valence-corrected chi connectivity index (χ3v) is 3.96. The van der Waals surface area contributed by atoms with Gasteiger partial charge in [-0.05, 0) is 38.5 Å². The van der Waals surface area contributed by atoms with E-state index in [1.165, 1.54) is 24.3 Å². The number of hydrogen-bond donors (Lipinski definition) is 3. The van der Waals surface area contributed by atoms with E-state index in [1.54, 1.807) is 20.8 Å². The zero-order chi connectivity index (χ0) is 17.8. The molecule has 0 aliphatic carbocycles. The SMILES string of the molecule is CC(C)(C)OC(=O)NCC(O)C(O)c1cccc(S(C)(=O)=O)c1. The number of alkyl carbamates (subject to hydrolysis) is 1. The van der Waals surface area contributed by atoms with E-state index in [2.05, 4.69) is 5.32 Å². The van der Waals surface area contributed by atoms with Crippen molar-refractivity contribution in [3.05, 3.63) is 29.8 Å². The molecule has 7 nitrogen and oxygen atoms in total. The third kappa shape index (κ3) is 6.55. The molecule has 0 heterocycles. The lowest BCUT2D eigenvalue weighted by atomic mass is 10.0. The van der Waals surface area contributed by atoms with E-state index < -0.39 is 33.7 Å². The Kier molecular flexibility index (Phi) is 6.15. The van der Waals surface area contributed by atoms with Crippen LogP contribution >= 0.6 is 0 Å². The minimum absolute atomic E-state index is 0.0429. The van der Waals surface area contributed by atoms with E-state index in [0.29, 0.717) is 0 Å². The highest BCUT2D eigenvalue weighted by Gasteiger charge is 2.22. The Labute approximate surface area is 136 Å². The fourth-order valence-corrected chi connectivity index (χ4v) is 2.44. The second kappa shape index (κ2) is 7.29. The minimum Gasteiger partial charge on any atom is -0.444 e. The van der Waals surface area contributed by atoms with Crippen LogP contribution in [0.4, 0.5) is 4.79 Å². The standard InChI is InChI=1S/C15H23NO6S/c1-15(2,3)22-14(19)16-9-12(17)13(18)10-6-5-7-11(8-10)23(4,20)21/h5-8,12-13,17-18H,9H2,1-4H3,(H,16,19). The number of rotatable bonds is 5. The Hall–Kier alpha value is -1.64. The summed E-state index contributed by atoms with van der Waals surface area (Å²) in [6.45, 7) is 4.87. The van der Waals surface area contributed by atoms with Gasteiger partial charge in [-0.15, -0.1) is 0 Å². The molecule has 8 heteroatoms. The predicted octanol–water partition coefficient (Wildman–Crippen LogP) is 1.01. The van der Waals surface area contributed by atoms with E-state index >= 15 is 0 Å². The van der Waals surface area contributed by atoms with Crippen LogP contribution in [-0.4, -0.2) is 49.2 Å². The molecule has 0 radical (unpaired) electrons. The number of sulfone groups is 1. The summed E-state index contributed by atoms with van der Waals surface area (Å²) in [6, 6.07) is 5.66. The van der Waals surface area contributed by atoms with Gasteiger partial charge >= 0.3 is 6.09 Å². The van der Waals surface area contributed by atoms with Crippen molar-refractivity contribution in [2.75, 3.05) is 12.8 Å². The van der Waals surface area contributed by atoms with E-state index in [-0.39, 0.29) is 17.0 Å². The molecular formula is C15H23NO6S. The number of nitrogens with one attached hydrogen (secondary N) is 1. The van der Waals surface area contributed by atoms with Crippen molar-refractivity contribution in [2.45, 2.75) is 43.5 Å². The van der Waals surface area contributed by atoms with Gasteiger partial charge in [-0.25, -0.2) is 13.2 Å². The molecule has 1 amide bonds. The first-order valence-electron chi connectivity index (χ1n) is 7.03. The average molecular weight is 345 g/mol. The van der Waals surface area contributed by atoms with E-state index in [0.717, 1.165) is 6.26 Å². The van der Waals surface area contributed by atoms with E-state index in [1.807, 2.05) is 0 Å². The predicted molar refractivity (Wildman–Crippen MR) is 84.8 cm³/mol. The van der Waals surface area contributed by atoms with Gasteiger partial charge in [0.05, 0.1) is 4.90 Å². The second-order valence-electron chi connectivity index (χ2n) is 6.24. The molecule has 0 aromatic heterocycles. The number of carbonyl (C=O) groups excluding carboxylic acids is 1. The molecule has 1 aromatic rings. The summed E-state index contributed by atoms with van der Waals surface area (Å²) in [5.74, 6) is 0. The first kappa shape index (κ1) is 19.4. The highest BCUT2D eigenvalue weighted by Crippen LogP contribution is 2.20. The highest BCUT2D eigenvalue weighted by atomic mass is 32.2. The van der Waals surface area contributed by atoms with Gasteiger partial charge < -0.3 is 20.3 Å². The highest BCUT2D eigenvalue weighted by molar-refractivity contribution is 7.90. The maximum absolute atomic E-state index is 11.5. The summed E-state index contributed by atoms with van der Waals surface area (Å²) >= 11 is 0. The van der Waals surface area contributed by atoms with Gasteiger partial charge in [0.2, 0.25) is 0 Å². The summed E-state index contributed by atoms with van der Waals surface area (Å²) in [7, 11) is -3.41. The van der Waals surface area contributed by atoms with E-state index in [9.17, 15) is 23.4 Å². The largest absolute Gasteiger partial charge is 0.444 e. The first-order chi connectivity index (χ1) is 10.4. The molecule has 0 saturated carbocycles. The van der Waals surface area contributed by atoms with Crippen LogP contribution < -0.4 is 5.32 Å². The van der Waals surface area contributed by atoms with Gasteiger partial charge in [0.25, 0.3) is 0 Å². The van der Waals surface area contributed by atoms with Gasteiger partial charge in [0, 0.05) is 12.8 Å². The molecule has 0 bridgehead atoms. The molecule has 23 heavy (non-hydrogen) atoms.